The van der Waals surface area contributed by atoms with Crippen LogP contribution in [0.3, 0.4) is 0 Å². The van der Waals surface area contributed by atoms with Gasteiger partial charge in [-0.1, -0.05) is 25.1 Å². The van der Waals surface area contributed by atoms with Crippen LogP contribution in [0.2, 0.25) is 0 Å². The summed E-state index contributed by atoms with van der Waals surface area (Å²) in [6, 6.07) is 9.06. The van der Waals surface area contributed by atoms with Gasteiger partial charge >= 0.3 is 0 Å². The number of likely N-dealkylation sites (tertiary alicyclic amines) is 1. The molecule has 27 heavy (non-hydrogen) atoms. The van der Waals surface area contributed by atoms with Gasteiger partial charge in [-0.2, -0.15) is 0 Å². The van der Waals surface area contributed by atoms with Crippen LogP contribution in [0.5, 0.6) is 0 Å². The first-order valence-corrected chi connectivity index (χ1v) is 10.6. The average Bonchev–Trinajstić information content (AvgIpc) is 3.10. The van der Waals surface area contributed by atoms with Gasteiger partial charge in [-0.15, -0.1) is 0 Å². The van der Waals surface area contributed by atoms with Gasteiger partial charge in [0.1, 0.15) is 0 Å². The summed E-state index contributed by atoms with van der Waals surface area (Å²) in [5.74, 6) is 0.977. The highest BCUT2D eigenvalue weighted by Gasteiger charge is 2.19. The molecule has 2 heterocycles. The Morgan fingerprint density at radius 1 is 1.22 bits per heavy atom. The van der Waals surface area contributed by atoms with E-state index in [-0.39, 0.29) is 0 Å². The molecular weight excluding hydrogens is 334 g/mol. The molecule has 1 aliphatic rings. The molecule has 5 nitrogen and oxygen atoms in total. The summed E-state index contributed by atoms with van der Waals surface area (Å²) < 4.78 is 0. The van der Waals surface area contributed by atoms with E-state index in [1.165, 1.54) is 55.4 Å². The van der Waals surface area contributed by atoms with E-state index in [1.807, 2.05) is 0 Å². The maximum absolute atomic E-state index is 4.81. The molecule has 1 saturated heterocycles. The molecule has 0 amide bonds. The fourth-order valence-corrected chi connectivity index (χ4v) is 3.93. The summed E-state index contributed by atoms with van der Waals surface area (Å²) in [5.41, 5.74) is 2.61. The monoisotopic (exact) mass is 369 g/mol. The minimum Gasteiger partial charge on any atom is -0.361 e. The van der Waals surface area contributed by atoms with E-state index < -0.39 is 0 Å². The third-order valence-corrected chi connectivity index (χ3v) is 5.36. The number of rotatable bonds is 8. The standard InChI is InChI=1S/C22H35N5/c1-3-14-27-15-11-19(12-16-27)26-22(23-4-2)24-13-7-8-18-17-25-21-10-6-5-9-20(18)21/h5-6,9-10,17,19,25H,3-4,7-8,11-16H2,1-2H3,(H2,23,24,26). The van der Waals surface area contributed by atoms with E-state index >= 15 is 0 Å². The number of nitrogens with one attached hydrogen (secondary N) is 3. The molecule has 0 atom stereocenters. The van der Waals surface area contributed by atoms with Gasteiger partial charge in [0.05, 0.1) is 0 Å². The van der Waals surface area contributed by atoms with Crippen LogP contribution < -0.4 is 10.6 Å². The van der Waals surface area contributed by atoms with Crippen LogP contribution in [0, 0.1) is 0 Å². The lowest BCUT2D eigenvalue weighted by atomic mass is 10.1. The van der Waals surface area contributed by atoms with Crippen LogP contribution in [0.25, 0.3) is 10.9 Å². The van der Waals surface area contributed by atoms with Crippen molar-refractivity contribution in [3.05, 3.63) is 36.0 Å². The molecule has 1 aromatic heterocycles. The Kier molecular flexibility index (Phi) is 7.57. The Bertz CT molecular complexity index is 712. The molecule has 0 saturated carbocycles. The smallest absolute Gasteiger partial charge is 0.191 e. The number of H-pyrrole nitrogens is 1. The number of hydrogen-bond acceptors (Lipinski definition) is 2. The molecule has 5 heteroatoms. The highest BCUT2D eigenvalue weighted by Crippen LogP contribution is 2.18. The van der Waals surface area contributed by atoms with Gasteiger partial charge in [-0.05, 0) is 57.2 Å². The molecule has 1 aromatic carbocycles. The van der Waals surface area contributed by atoms with Crippen LogP contribution in [-0.4, -0.2) is 54.6 Å². The first-order valence-electron chi connectivity index (χ1n) is 10.6. The first kappa shape index (κ1) is 19.7. The van der Waals surface area contributed by atoms with E-state index in [9.17, 15) is 0 Å². The van der Waals surface area contributed by atoms with Gasteiger partial charge in [-0.25, -0.2) is 0 Å². The molecule has 3 N–H and O–H groups in total. The van der Waals surface area contributed by atoms with Crippen LogP contribution in [-0.2, 0) is 6.42 Å². The third kappa shape index (κ3) is 5.73. The number of piperidine rings is 1. The number of fused-ring (bicyclic) bond motifs is 1. The number of nitrogens with zero attached hydrogens (tertiary/aromatic N) is 2. The zero-order valence-corrected chi connectivity index (χ0v) is 16.9. The minimum atomic E-state index is 0.546. The molecule has 1 fully saturated rings. The summed E-state index contributed by atoms with van der Waals surface area (Å²) in [6.07, 6.45) is 7.93. The summed E-state index contributed by atoms with van der Waals surface area (Å²) in [6.45, 7) is 9.78. The predicted octanol–water partition coefficient (Wildman–Crippen LogP) is 3.53. The van der Waals surface area contributed by atoms with E-state index in [1.54, 1.807) is 0 Å². The topological polar surface area (TPSA) is 55.5 Å². The van der Waals surface area contributed by atoms with Gasteiger partial charge in [-0.3, -0.25) is 4.99 Å². The molecule has 0 spiro atoms. The molecule has 2 aromatic rings. The Morgan fingerprint density at radius 3 is 2.81 bits per heavy atom. The SMILES string of the molecule is CCCN1CCC(NC(=NCCCc2c[nH]c3ccccc23)NCC)CC1. The predicted molar refractivity (Wildman–Crippen MR) is 115 cm³/mol. The van der Waals surface area contributed by atoms with Crippen LogP contribution in [0.4, 0.5) is 0 Å². The number of aryl methyl sites for hydroxylation is 1. The molecule has 0 aliphatic carbocycles. The molecule has 1 aliphatic heterocycles. The maximum Gasteiger partial charge on any atom is 0.191 e. The zero-order valence-electron chi connectivity index (χ0n) is 16.9. The number of aromatic amines is 1. The zero-order chi connectivity index (χ0) is 18.9. The second-order valence-electron chi connectivity index (χ2n) is 7.48. The van der Waals surface area contributed by atoms with Crippen molar-refractivity contribution >= 4 is 16.9 Å². The van der Waals surface area contributed by atoms with E-state index in [4.69, 9.17) is 4.99 Å². The van der Waals surface area contributed by atoms with E-state index in [0.29, 0.717) is 6.04 Å². The second kappa shape index (κ2) is 10.4. The molecule has 0 bridgehead atoms. The molecule has 0 unspecified atom stereocenters. The largest absolute Gasteiger partial charge is 0.361 e. The highest BCUT2D eigenvalue weighted by molar-refractivity contribution is 5.83. The van der Waals surface area contributed by atoms with Crippen molar-refractivity contribution in [3.8, 4) is 0 Å². The fourth-order valence-electron chi connectivity index (χ4n) is 3.93. The van der Waals surface area contributed by atoms with Crippen molar-refractivity contribution in [2.45, 2.75) is 52.0 Å². The quantitative estimate of drug-likeness (QED) is 0.379. The van der Waals surface area contributed by atoms with Crippen LogP contribution >= 0.6 is 0 Å². The normalized spacial score (nSPS) is 16.7. The van der Waals surface area contributed by atoms with E-state index in [2.05, 4.69) is 64.8 Å². The fraction of sp³-hybridized carbons (Fsp3) is 0.591. The van der Waals surface area contributed by atoms with Crippen molar-refractivity contribution in [2.24, 2.45) is 4.99 Å². The number of benzene rings is 1. The van der Waals surface area contributed by atoms with Gasteiger partial charge in [0, 0.05) is 49.3 Å². The summed E-state index contributed by atoms with van der Waals surface area (Å²) in [4.78, 5) is 10.7. The highest BCUT2D eigenvalue weighted by atomic mass is 15.2. The molecular formula is C22H35N5. The Morgan fingerprint density at radius 2 is 2.04 bits per heavy atom. The molecule has 0 radical (unpaired) electrons. The second-order valence-corrected chi connectivity index (χ2v) is 7.48. The Labute approximate surface area is 163 Å². The van der Waals surface area contributed by atoms with Gasteiger partial charge in [0.15, 0.2) is 5.96 Å². The van der Waals surface area contributed by atoms with E-state index in [0.717, 1.165) is 31.9 Å². The van der Waals surface area contributed by atoms with Gasteiger partial charge < -0.3 is 20.5 Å². The first-order chi connectivity index (χ1) is 13.3. The number of guanidine groups is 1. The number of hydrogen-bond donors (Lipinski definition) is 3. The molecule has 3 rings (SSSR count). The number of aliphatic imine (C=N–C) groups is 1. The maximum atomic E-state index is 4.81. The summed E-state index contributed by atoms with van der Waals surface area (Å²) in [5, 5.41) is 8.40. The number of aromatic nitrogens is 1. The summed E-state index contributed by atoms with van der Waals surface area (Å²) >= 11 is 0. The van der Waals surface area contributed by atoms with Crippen molar-refractivity contribution in [2.75, 3.05) is 32.7 Å². The van der Waals surface area contributed by atoms with Crippen molar-refractivity contribution in [1.29, 1.82) is 0 Å². The number of para-hydroxylation sites is 1. The van der Waals surface area contributed by atoms with Crippen LogP contribution in [0.1, 0.15) is 45.1 Å². The van der Waals surface area contributed by atoms with Crippen molar-refractivity contribution in [3.63, 3.8) is 0 Å². The van der Waals surface area contributed by atoms with Crippen molar-refractivity contribution in [1.82, 2.24) is 20.5 Å². The molecule has 148 valence electrons. The lowest BCUT2D eigenvalue weighted by Gasteiger charge is -2.32. The lowest BCUT2D eigenvalue weighted by Crippen LogP contribution is -2.48. The summed E-state index contributed by atoms with van der Waals surface area (Å²) in [7, 11) is 0. The van der Waals surface area contributed by atoms with Gasteiger partial charge in [0.25, 0.3) is 0 Å². The van der Waals surface area contributed by atoms with Crippen molar-refractivity contribution < 1.29 is 0 Å². The lowest BCUT2D eigenvalue weighted by molar-refractivity contribution is 0.206. The third-order valence-electron chi connectivity index (χ3n) is 5.36. The minimum absolute atomic E-state index is 0.546. The van der Waals surface area contributed by atoms with Crippen LogP contribution in [0.15, 0.2) is 35.5 Å². The Balaban J connectivity index is 1.46. The average molecular weight is 370 g/mol. The van der Waals surface area contributed by atoms with Gasteiger partial charge in [0.2, 0.25) is 0 Å². The Hall–Kier alpha value is -2.01.